The highest BCUT2D eigenvalue weighted by Crippen LogP contribution is 2.66. The first-order chi connectivity index (χ1) is 14.9. The van der Waals surface area contributed by atoms with Crippen LogP contribution >= 0.6 is 0 Å². The second-order valence-electron chi connectivity index (χ2n) is 12.5. The Hall–Kier alpha value is -0.900. The molecule has 5 aliphatic rings. The lowest BCUT2D eigenvalue weighted by atomic mass is 9.48. The molecule has 0 spiro atoms. The van der Waals surface area contributed by atoms with Gasteiger partial charge < -0.3 is 5.32 Å². The van der Waals surface area contributed by atoms with E-state index in [1.54, 1.807) is 0 Å². The molecule has 0 radical (unpaired) electrons. The first-order valence-corrected chi connectivity index (χ1v) is 13.4. The van der Waals surface area contributed by atoms with Gasteiger partial charge >= 0.3 is 0 Å². The zero-order chi connectivity index (χ0) is 21.8. The smallest absolute Gasteiger partial charge is 0.157 e. The highest BCUT2D eigenvalue weighted by atomic mass is 16.1. The molecule has 5 rings (SSSR count). The third-order valence-corrected chi connectivity index (χ3v) is 10.5. The topological polar surface area (TPSA) is 44.7 Å². The van der Waals surface area contributed by atoms with Crippen molar-refractivity contribution in [2.75, 3.05) is 26.7 Å². The molecule has 0 aromatic carbocycles. The molecule has 4 saturated carbocycles. The summed E-state index contributed by atoms with van der Waals surface area (Å²) in [6.45, 7) is 9.69. The third kappa shape index (κ3) is 3.79. The van der Waals surface area contributed by atoms with Crippen molar-refractivity contribution in [3.8, 4) is 0 Å². The van der Waals surface area contributed by atoms with Crippen molar-refractivity contribution in [3.63, 3.8) is 0 Å². The summed E-state index contributed by atoms with van der Waals surface area (Å²) in [6, 6.07) is 0. The van der Waals surface area contributed by atoms with Gasteiger partial charge in [0.05, 0.1) is 6.54 Å². The normalized spacial score (nSPS) is 48.9. The molecule has 0 bridgehead atoms. The van der Waals surface area contributed by atoms with Crippen molar-refractivity contribution in [1.29, 1.82) is 0 Å². The Labute approximate surface area is 190 Å². The van der Waals surface area contributed by atoms with Crippen LogP contribution in [0, 0.1) is 58.7 Å². The van der Waals surface area contributed by atoms with E-state index in [0.29, 0.717) is 24.2 Å². The van der Waals surface area contributed by atoms with E-state index in [9.17, 15) is 4.79 Å². The molecule has 4 nitrogen and oxygen atoms in total. The molecule has 0 amide bonds. The predicted octanol–water partition coefficient (Wildman–Crippen LogP) is 4.84. The van der Waals surface area contributed by atoms with Crippen LogP contribution in [0.25, 0.3) is 0 Å². The number of hydrogen-bond acceptors (Lipinski definition) is 4. The van der Waals surface area contributed by atoms with Crippen LogP contribution in [0.1, 0.15) is 72.1 Å². The van der Waals surface area contributed by atoms with E-state index in [-0.39, 0.29) is 11.3 Å². The van der Waals surface area contributed by atoms with Gasteiger partial charge in [-0.05, 0) is 105 Å². The minimum atomic E-state index is 0.198. The van der Waals surface area contributed by atoms with E-state index in [4.69, 9.17) is 0 Å². The molecule has 10 atom stereocenters. The van der Waals surface area contributed by atoms with Gasteiger partial charge in [0.1, 0.15) is 0 Å². The van der Waals surface area contributed by atoms with Gasteiger partial charge in [-0.2, -0.15) is 5.10 Å². The van der Waals surface area contributed by atoms with Gasteiger partial charge in [0.15, 0.2) is 5.78 Å². The first-order valence-electron chi connectivity index (χ1n) is 13.4. The van der Waals surface area contributed by atoms with Gasteiger partial charge in [-0.15, -0.1) is 0 Å². The van der Waals surface area contributed by atoms with E-state index >= 15 is 0 Å². The quantitative estimate of drug-likeness (QED) is 0.682. The zero-order valence-electron chi connectivity index (χ0n) is 20.4. The fraction of sp³-hybridized carbons (Fsp3) is 0.926. The van der Waals surface area contributed by atoms with Gasteiger partial charge in [-0.1, -0.05) is 27.2 Å². The number of rotatable bonds is 5. The SMILES string of the molecule is CNCC1CC(C(=O)CN2CC(C)C=N2)C2(C)CCC3C4CCC(C)CC4CCC3C12. The second-order valence-corrected chi connectivity index (χ2v) is 12.5. The van der Waals surface area contributed by atoms with Crippen LogP contribution in [0.4, 0.5) is 0 Å². The number of carbonyl (C=O) groups is 1. The number of ketones is 1. The average molecular weight is 428 g/mol. The van der Waals surface area contributed by atoms with E-state index in [2.05, 4.69) is 38.2 Å². The summed E-state index contributed by atoms with van der Waals surface area (Å²) in [6.07, 6.45) is 13.0. The third-order valence-electron chi connectivity index (χ3n) is 10.5. The molecule has 4 fully saturated rings. The van der Waals surface area contributed by atoms with Gasteiger partial charge in [0, 0.05) is 24.6 Å². The lowest BCUT2D eigenvalue weighted by Crippen LogP contribution is -2.51. The minimum absolute atomic E-state index is 0.198. The molecule has 0 aromatic rings. The summed E-state index contributed by atoms with van der Waals surface area (Å²) < 4.78 is 0. The van der Waals surface area contributed by atoms with Crippen molar-refractivity contribution in [2.45, 2.75) is 72.1 Å². The number of nitrogens with zero attached hydrogens (tertiary/aromatic N) is 2. The van der Waals surface area contributed by atoms with Crippen LogP contribution in [0.5, 0.6) is 0 Å². The molecule has 31 heavy (non-hydrogen) atoms. The van der Waals surface area contributed by atoms with Crippen molar-refractivity contribution in [2.24, 2.45) is 63.8 Å². The molecular formula is C27H45N3O. The van der Waals surface area contributed by atoms with Crippen molar-refractivity contribution >= 4 is 12.0 Å². The Morgan fingerprint density at radius 2 is 1.90 bits per heavy atom. The highest BCUT2D eigenvalue weighted by molar-refractivity contribution is 5.84. The molecule has 174 valence electrons. The van der Waals surface area contributed by atoms with Crippen LogP contribution in [-0.4, -0.2) is 43.7 Å². The van der Waals surface area contributed by atoms with E-state index in [1.807, 2.05) is 11.2 Å². The highest BCUT2D eigenvalue weighted by Gasteiger charge is 2.61. The van der Waals surface area contributed by atoms with E-state index in [0.717, 1.165) is 55.0 Å². The summed E-state index contributed by atoms with van der Waals surface area (Å²) in [7, 11) is 2.10. The lowest BCUT2D eigenvalue weighted by molar-refractivity contribution is -0.132. The minimum Gasteiger partial charge on any atom is -0.319 e. The van der Waals surface area contributed by atoms with Gasteiger partial charge in [-0.25, -0.2) is 0 Å². The largest absolute Gasteiger partial charge is 0.319 e. The molecular weight excluding hydrogens is 382 g/mol. The number of carbonyl (C=O) groups excluding carboxylic acids is 1. The second kappa shape index (κ2) is 8.47. The van der Waals surface area contributed by atoms with E-state index < -0.39 is 0 Å². The summed E-state index contributed by atoms with van der Waals surface area (Å²) in [4.78, 5) is 13.6. The van der Waals surface area contributed by atoms with Crippen LogP contribution < -0.4 is 5.32 Å². The number of Topliss-reactive ketones (excluding diaryl/α,β-unsaturated/α-hetero) is 1. The Kier molecular flexibility index (Phi) is 5.99. The molecule has 1 heterocycles. The van der Waals surface area contributed by atoms with Crippen molar-refractivity contribution < 1.29 is 4.79 Å². The maximum Gasteiger partial charge on any atom is 0.157 e. The van der Waals surface area contributed by atoms with Gasteiger partial charge in [0.2, 0.25) is 0 Å². The van der Waals surface area contributed by atoms with Crippen LogP contribution in [0.15, 0.2) is 5.10 Å². The predicted molar refractivity (Wildman–Crippen MR) is 127 cm³/mol. The number of hydrogen-bond donors (Lipinski definition) is 1. The Balaban J connectivity index is 1.36. The Bertz CT molecular complexity index is 707. The number of nitrogens with one attached hydrogen (secondary N) is 1. The summed E-state index contributed by atoms with van der Waals surface area (Å²) in [5.41, 5.74) is 0.198. The monoisotopic (exact) mass is 427 g/mol. The molecule has 1 aliphatic heterocycles. The summed E-state index contributed by atoms with van der Waals surface area (Å²) >= 11 is 0. The molecule has 10 unspecified atom stereocenters. The standard InChI is InChI=1S/C27H45N3O/c1-17-5-7-21-19(11-17)6-8-23-22(21)9-10-27(3)24(12-20(14-28-4)26(23)27)25(31)16-30-15-18(2)13-29-30/h13,17-24,26,28H,5-12,14-16H2,1-4H3. The van der Waals surface area contributed by atoms with Gasteiger partial charge in [0.25, 0.3) is 0 Å². The Morgan fingerprint density at radius 1 is 1.10 bits per heavy atom. The zero-order valence-corrected chi connectivity index (χ0v) is 20.4. The first kappa shape index (κ1) is 21.9. The van der Waals surface area contributed by atoms with E-state index in [1.165, 1.54) is 44.9 Å². The van der Waals surface area contributed by atoms with Crippen molar-refractivity contribution in [1.82, 2.24) is 10.3 Å². The maximum atomic E-state index is 13.6. The lowest BCUT2D eigenvalue weighted by Gasteiger charge is -2.57. The van der Waals surface area contributed by atoms with Crippen LogP contribution in [0.2, 0.25) is 0 Å². The maximum absolute atomic E-state index is 13.6. The fourth-order valence-electron chi connectivity index (χ4n) is 9.38. The van der Waals surface area contributed by atoms with Crippen LogP contribution in [-0.2, 0) is 4.79 Å². The molecule has 4 aliphatic carbocycles. The Morgan fingerprint density at radius 3 is 2.65 bits per heavy atom. The molecule has 0 aromatic heterocycles. The number of hydrazone groups is 1. The summed E-state index contributed by atoms with van der Waals surface area (Å²) in [5, 5.41) is 10.0. The van der Waals surface area contributed by atoms with Crippen LogP contribution in [0.3, 0.4) is 0 Å². The van der Waals surface area contributed by atoms with Crippen molar-refractivity contribution in [3.05, 3.63) is 0 Å². The molecule has 4 heteroatoms. The molecule has 0 saturated heterocycles. The van der Waals surface area contributed by atoms with Gasteiger partial charge in [-0.3, -0.25) is 9.80 Å². The molecule has 1 N–H and O–H groups in total. The average Bonchev–Trinajstić information content (AvgIpc) is 3.28. The fourth-order valence-corrected chi connectivity index (χ4v) is 9.38. The summed E-state index contributed by atoms with van der Waals surface area (Å²) in [5.74, 6) is 7.26. The number of fused-ring (bicyclic) bond motifs is 5.